The van der Waals surface area contributed by atoms with Crippen LogP contribution in [0.2, 0.25) is 0 Å². The summed E-state index contributed by atoms with van der Waals surface area (Å²) in [5.41, 5.74) is 2.15. The van der Waals surface area contributed by atoms with Gasteiger partial charge in [0.1, 0.15) is 0 Å². The van der Waals surface area contributed by atoms with Crippen molar-refractivity contribution < 1.29 is 9.90 Å². The van der Waals surface area contributed by atoms with E-state index in [-0.39, 0.29) is 5.91 Å². The van der Waals surface area contributed by atoms with Crippen molar-refractivity contribution in [3.05, 3.63) is 29.3 Å². The van der Waals surface area contributed by atoms with E-state index in [1.54, 1.807) is 0 Å². The number of carbonyl (C=O) groups is 1. The summed E-state index contributed by atoms with van der Waals surface area (Å²) < 4.78 is 0. The fraction of sp³-hybridized carbons (Fsp3) is 0.632. The highest BCUT2D eigenvalue weighted by atomic mass is 16.3. The zero-order valence-corrected chi connectivity index (χ0v) is 14.1. The molecule has 0 bridgehead atoms. The minimum absolute atomic E-state index is 0.0606. The van der Waals surface area contributed by atoms with Crippen LogP contribution in [0, 0.1) is 6.92 Å². The number of nitrogens with one attached hydrogen (secondary N) is 1. The van der Waals surface area contributed by atoms with E-state index in [0.717, 1.165) is 55.6 Å². The maximum Gasteiger partial charge on any atom is 0.253 e. The van der Waals surface area contributed by atoms with Gasteiger partial charge in [-0.1, -0.05) is 30.9 Å². The van der Waals surface area contributed by atoms with Crippen LogP contribution in [0.15, 0.2) is 18.2 Å². The zero-order valence-electron chi connectivity index (χ0n) is 14.1. The van der Waals surface area contributed by atoms with Crippen molar-refractivity contribution in [3.63, 3.8) is 0 Å². The van der Waals surface area contributed by atoms with Gasteiger partial charge >= 0.3 is 0 Å². The molecule has 1 heterocycles. The van der Waals surface area contributed by atoms with Crippen LogP contribution in [0.4, 0.5) is 5.69 Å². The standard InChI is InChI=1S/C19H28N2O2/c1-15-7-8-17(21-11-5-6-12-21)16(13-15)18(22)20-14-19(23)9-3-2-4-10-19/h7-8,13,23H,2-6,9-12,14H2,1H3,(H,20,22). The van der Waals surface area contributed by atoms with Crippen LogP contribution in [0.5, 0.6) is 0 Å². The van der Waals surface area contributed by atoms with Gasteiger partial charge in [0, 0.05) is 25.3 Å². The highest BCUT2D eigenvalue weighted by Gasteiger charge is 2.30. The van der Waals surface area contributed by atoms with Crippen molar-refractivity contribution >= 4 is 11.6 Å². The van der Waals surface area contributed by atoms with Crippen LogP contribution in [0.1, 0.15) is 60.9 Å². The summed E-state index contributed by atoms with van der Waals surface area (Å²) in [5.74, 6) is -0.0606. The summed E-state index contributed by atoms with van der Waals surface area (Å²) in [4.78, 5) is 15.0. The SMILES string of the molecule is Cc1ccc(N2CCCC2)c(C(=O)NCC2(O)CCCCC2)c1. The van der Waals surface area contributed by atoms with Gasteiger partial charge in [0.2, 0.25) is 0 Å². The molecule has 2 aliphatic rings. The topological polar surface area (TPSA) is 52.6 Å². The first-order valence-electron chi connectivity index (χ1n) is 8.94. The third-order valence-corrected chi connectivity index (χ3v) is 5.21. The third-order valence-electron chi connectivity index (χ3n) is 5.21. The first kappa shape index (κ1) is 16.3. The first-order valence-corrected chi connectivity index (χ1v) is 8.94. The van der Waals surface area contributed by atoms with Gasteiger partial charge in [-0.2, -0.15) is 0 Å². The average Bonchev–Trinajstić information content (AvgIpc) is 3.07. The summed E-state index contributed by atoms with van der Waals surface area (Å²) in [6.45, 7) is 4.42. The molecule has 3 rings (SSSR count). The van der Waals surface area contributed by atoms with Gasteiger partial charge in [0.05, 0.1) is 11.2 Å². The monoisotopic (exact) mass is 316 g/mol. The highest BCUT2D eigenvalue weighted by molar-refractivity contribution is 6.00. The van der Waals surface area contributed by atoms with Gasteiger partial charge in [0.25, 0.3) is 5.91 Å². The van der Waals surface area contributed by atoms with Gasteiger partial charge in [-0.15, -0.1) is 0 Å². The molecule has 0 aromatic heterocycles. The molecule has 4 heteroatoms. The summed E-state index contributed by atoms with van der Waals surface area (Å²) in [5, 5.41) is 13.6. The van der Waals surface area contributed by atoms with E-state index >= 15 is 0 Å². The lowest BCUT2D eigenvalue weighted by atomic mass is 9.85. The smallest absolute Gasteiger partial charge is 0.253 e. The van der Waals surface area contributed by atoms with Gasteiger partial charge < -0.3 is 15.3 Å². The molecule has 2 fully saturated rings. The van der Waals surface area contributed by atoms with E-state index in [1.807, 2.05) is 13.0 Å². The number of amides is 1. The predicted molar refractivity (Wildman–Crippen MR) is 93.0 cm³/mol. The number of nitrogens with zero attached hydrogens (tertiary/aromatic N) is 1. The summed E-state index contributed by atoms with van der Waals surface area (Å²) in [6, 6.07) is 6.10. The molecule has 2 N–H and O–H groups in total. The number of benzene rings is 1. The molecule has 1 aromatic rings. The Kier molecular flexibility index (Phi) is 4.90. The normalized spacial score (nSPS) is 20.5. The van der Waals surface area contributed by atoms with Crippen LogP contribution < -0.4 is 10.2 Å². The second-order valence-corrected chi connectivity index (χ2v) is 7.18. The molecule has 1 amide bonds. The predicted octanol–water partition coefficient (Wildman–Crippen LogP) is 3.02. The van der Waals surface area contributed by atoms with Crippen molar-refractivity contribution in [1.29, 1.82) is 0 Å². The number of hydrogen-bond donors (Lipinski definition) is 2. The molecule has 23 heavy (non-hydrogen) atoms. The Labute approximate surface area is 138 Å². The minimum atomic E-state index is -0.717. The second-order valence-electron chi connectivity index (χ2n) is 7.18. The third kappa shape index (κ3) is 3.86. The molecular weight excluding hydrogens is 288 g/mol. The molecule has 0 spiro atoms. The fourth-order valence-electron chi connectivity index (χ4n) is 3.79. The number of rotatable bonds is 4. The lowest BCUT2D eigenvalue weighted by Crippen LogP contribution is -2.44. The summed E-state index contributed by atoms with van der Waals surface area (Å²) in [7, 11) is 0. The fourth-order valence-corrected chi connectivity index (χ4v) is 3.79. The molecule has 4 nitrogen and oxygen atoms in total. The molecule has 1 aromatic carbocycles. The van der Waals surface area contributed by atoms with Crippen LogP contribution in [-0.4, -0.2) is 36.2 Å². The Hall–Kier alpha value is -1.55. The summed E-state index contributed by atoms with van der Waals surface area (Å²) >= 11 is 0. The van der Waals surface area contributed by atoms with Crippen molar-refractivity contribution in [2.45, 2.75) is 57.5 Å². The Bertz CT molecular complexity index is 558. The molecule has 0 atom stereocenters. The maximum absolute atomic E-state index is 12.7. The molecule has 0 unspecified atom stereocenters. The number of aliphatic hydroxyl groups is 1. The molecule has 1 aliphatic carbocycles. The Morgan fingerprint density at radius 1 is 1.17 bits per heavy atom. The average molecular weight is 316 g/mol. The van der Waals surface area contributed by atoms with E-state index < -0.39 is 5.60 Å². The Balaban J connectivity index is 1.72. The van der Waals surface area contributed by atoms with Gasteiger partial charge in [-0.3, -0.25) is 4.79 Å². The number of anilines is 1. The lowest BCUT2D eigenvalue weighted by Gasteiger charge is -2.32. The minimum Gasteiger partial charge on any atom is -0.388 e. The summed E-state index contributed by atoms with van der Waals surface area (Å²) in [6.07, 6.45) is 7.25. The van der Waals surface area contributed by atoms with Crippen LogP contribution in [0.3, 0.4) is 0 Å². The van der Waals surface area contributed by atoms with Crippen LogP contribution in [0.25, 0.3) is 0 Å². The number of aryl methyl sites for hydroxylation is 1. The highest BCUT2D eigenvalue weighted by Crippen LogP contribution is 2.28. The van der Waals surface area contributed by atoms with Gasteiger partial charge in [-0.05, 0) is 44.7 Å². The molecule has 0 radical (unpaired) electrons. The van der Waals surface area contributed by atoms with Crippen molar-refractivity contribution in [3.8, 4) is 0 Å². The molecule has 1 aliphatic heterocycles. The quantitative estimate of drug-likeness (QED) is 0.898. The lowest BCUT2D eigenvalue weighted by molar-refractivity contribution is 0.00526. The van der Waals surface area contributed by atoms with Crippen molar-refractivity contribution in [2.24, 2.45) is 0 Å². The van der Waals surface area contributed by atoms with E-state index in [0.29, 0.717) is 6.54 Å². The van der Waals surface area contributed by atoms with Crippen molar-refractivity contribution in [2.75, 3.05) is 24.5 Å². The Morgan fingerprint density at radius 3 is 2.57 bits per heavy atom. The van der Waals surface area contributed by atoms with E-state index in [2.05, 4.69) is 22.3 Å². The second kappa shape index (κ2) is 6.91. The zero-order chi connectivity index (χ0) is 16.3. The van der Waals surface area contributed by atoms with E-state index in [9.17, 15) is 9.90 Å². The van der Waals surface area contributed by atoms with E-state index in [4.69, 9.17) is 0 Å². The van der Waals surface area contributed by atoms with Gasteiger partial charge in [0.15, 0.2) is 0 Å². The largest absolute Gasteiger partial charge is 0.388 e. The Morgan fingerprint density at radius 2 is 1.87 bits per heavy atom. The molecule has 1 saturated heterocycles. The number of carbonyl (C=O) groups excluding carboxylic acids is 1. The van der Waals surface area contributed by atoms with Crippen LogP contribution in [-0.2, 0) is 0 Å². The van der Waals surface area contributed by atoms with Gasteiger partial charge in [-0.25, -0.2) is 0 Å². The molecule has 1 saturated carbocycles. The molecular formula is C19H28N2O2. The first-order chi connectivity index (χ1) is 11.1. The molecule has 126 valence electrons. The van der Waals surface area contributed by atoms with Crippen molar-refractivity contribution in [1.82, 2.24) is 5.32 Å². The van der Waals surface area contributed by atoms with Crippen LogP contribution >= 0.6 is 0 Å². The number of hydrogen-bond acceptors (Lipinski definition) is 3. The maximum atomic E-state index is 12.7. The van der Waals surface area contributed by atoms with E-state index in [1.165, 1.54) is 19.3 Å².